The Bertz CT molecular complexity index is 910. The number of carbonyl (C=O) groups excluding carboxylic acids is 1. The van der Waals surface area contributed by atoms with Gasteiger partial charge >= 0.3 is 0 Å². The third-order valence-corrected chi connectivity index (χ3v) is 6.63. The topological polar surface area (TPSA) is 73.2 Å². The first kappa shape index (κ1) is 23.1. The van der Waals surface area contributed by atoms with Crippen molar-refractivity contribution in [3.63, 3.8) is 0 Å². The van der Waals surface area contributed by atoms with Crippen molar-refractivity contribution in [3.8, 4) is 0 Å². The Hall–Kier alpha value is -1.57. The van der Waals surface area contributed by atoms with E-state index in [9.17, 15) is 9.59 Å². The second-order valence-electron chi connectivity index (χ2n) is 7.76. The van der Waals surface area contributed by atoms with Crippen LogP contribution in [0.15, 0.2) is 28.2 Å². The van der Waals surface area contributed by atoms with Gasteiger partial charge in [0.05, 0.1) is 16.7 Å². The Morgan fingerprint density at radius 3 is 2.73 bits per heavy atom. The fraction of sp³-hybridized carbons (Fsp3) is 0.591. The number of aromatic nitrogens is 2. The zero-order valence-electron chi connectivity index (χ0n) is 17.5. The molecule has 1 amide bonds. The highest BCUT2D eigenvalue weighted by molar-refractivity contribution is 7.99. The molecular formula is C22H30ClN3O3S. The van der Waals surface area contributed by atoms with Crippen LogP contribution in [0, 0.1) is 0 Å². The van der Waals surface area contributed by atoms with Gasteiger partial charge in [-0.1, -0.05) is 55.5 Å². The van der Waals surface area contributed by atoms with Gasteiger partial charge in [-0.3, -0.25) is 14.2 Å². The minimum absolute atomic E-state index is 0.00513. The van der Waals surface area contributed by atoms with Crippen LogP contribution in [-0.4, -0.2) is 41.0 Å². The zero-order chi connectivity index (χ0) is 21.3. The van der Waals surface area contributed by atoms with Crippen LogP contribution >= 0.6 is 23.4 Å². The molecule has 0 aliphatic heterocycles. The van der Waals surface area contributed by atoms with Gasteiger partial charge in [0, 0.05) is 31.3 Å². The molecule has 1 aromatic carbocycles. The number of carbonyl (C=O) groups is 1. The number of hydrogen-bond acceptors (Lipinski definition) is 5. The van der Waals surface area contributed by atoms with E-state index in [0.29, 0.717) is 40.7 Å². The first-order valence-electron chi connectivity index (χ1n) is 10.7. The molecule has 1 aliphatic rings. The van der Waals surface area contributed by atoms with Crippen molar-refractivity contribution in [3.05, 3.63) is 33.6 Å². The monoisotopic (exact) mass is 451 g/mol. The van der Waals surface area contributed by atoms with Crippen molar-refractivity contribution >= 4 is 40.2 Å². The van der Waals surface area contributed by atoms with Crippen molar-refractivity contribution in [2.45, 2.75) is 69.1 Å². The smallest absolute Gasteiger partial charge is 0.262 e. The molecule has 0 saturated heterocycles. The summed E-state index contributed by atoms with van der Waals surface area (Å²) < 4.78 is 6.77. The molecule has 0 unspecified atom stereocenters. The van der Waals surface area contributed by atoms with E-state index in [1.165, 1.54) is 43.9 Å². The summed E-state index contributed by atoms with van der Waals surface area (Å²) in [6.07, 6.45) is 8.93. The van der Waals surface area contributed by atoms with E-state index in [1.807, 2.05) is 0 Å². The van der Waals surface area contributed by atoms with E-state index >= 15 is 0 Å². The fourth-order valence-electron chi connectivity index (χ4n) is 3.85. The van der Waals surface area contributed by atoms with Crippen LogP contribution in [-0.2, 0) is 16.1 Å². The lowest BCUT2D eigenvalue weighted by Gasteiger charge is -2.21. The number of amides is 1. The van der Waals surface area contributed by atoms with Gasteiger partial charge in [-0.2, -0.15) is 0 Å². The average molecular weight is 452 g/mol. The Labute approximate surface area is 186 Å². The second-order valence-corrected chi connectivity index (χ2v) is 9.14. The highest BCUT2D eigenvalue weighted by atomic mass is 35.5. The van der Waals surface area contributed by atoms with Crippen LogP contribution in [0.4, 0.5) is 0 Å². The quantitative estimate of drug-likeness (QED) is 0.365. The summed E-state index contributed by atoms with van der Waals surface area (Å²) in [5, 5.41) is 4.77. The molecule has 3 rings (SSSR count). The van der Waals surface area contributed by atoms with Crippen LogP contribution in [0.1, 0.15) is 51.4 Å². The minimum Gasteiger partial charge on any atom is -0.385 e. The highest BCUT2D eigenvalue weighted by Crippen LogP contribution is 2.21. The summed E-state index contributed by atoms with van der Waals surface area (Å²) in [4.78, 5) is 30.2. The molecule has 2 aromatic rings. The van der Waals surface area contributed by atoms with E-state index in [0.717, 1.165) is 12.8 Å². The summed E-state index contributed by atoms with van der Waals surface area (Å²) in [5.74, 6) is 0.230. The standard InChI is InChI=1S/C22H30ClN3O3S/c1-29-13-7-12-26-21(28)18-11-10-16(23)14-19(18)25-22(26)30-15-20(27)24-17-8-5-3-2-4-6-9-17/h10-11,14,17H,2-9,12-13,15H2,1H3,(H,24,27). The van der Waals surface area contributed by atoms with Gasteiger partial charge in [0.1, 0.15) is 0 Å². The van der Waals surface area contributed by atoms with Crippen molar-refractivity contribution in [1.29, 1.82) is 0 Å². The maximum absolute atomic E-state index is 13.0. The molecule has 0 atom stereocenters. The first-order valence-corrected chi connectivity index (χ1v) is 12.1. The van der Waals surface area contributed by atoms with Crippen LogP contribution in [0.5, 0.6) is 0 Å². The molecule has 1 heterocycles. The number of hydrogen-bond donors (Lipinski definition) is 1. The molecule has 6 nitrogen and oxygen atoms in total. The fourth-order valence-corrected chi connectivity index (χ4v) is 4.85. The number of halogens is 1. The predicted molar refractivity (Wildman–Crippen MR) is 122 cm³/mol. The van der Waals surface area contributed by atoms with Gasteiger partial charge < -0.3 is 10.1 Å². The number of rotatable bonds is 8. The van der Waals surface area contributed by atoms with E-state index < -0.39 is 0 Å². The van der Waals surface area contributed by atoms with Gasteiger partial charge in [0.25, 0.3) is 5.56 Å². The van der Waals surface area contributed by atoms with Gasteiger partial charge in [0.15, 0.2) is 5.16 Å². The van der Waals surface area contributed by atoms with Gasteiger partial charge in [0.2, 0.25) is 5.91 Å². The molecule has 1 aromatic heterocycles. The van der Waals surface area contributed by atoms with Crippen LogP contribution in [0.2, 0.25) is 5.02 Å². The van der Waals surface area contributed by atoms with Crippen molar-refractivity contribution < 1.29 is 9.53 Å². The van der Waals surface area contributed by atoms with E-state index in [1.54, 1.807) is 29.9 Å². The SMILES string of the molecule is COCCCn1c(SCC(=O)NC2CCCCCCC2)nc2cc(Cl)ccc2c1=O. The first-order chi connectivity index (χ1) is 14.6. The molecule has 0 radical (unpaired) electrons. The van der Waals surface area contributed by atoms with Crippen molar-refractivity contribution in [2.24, 2.45) is 0 Å². The number of fused-ring (bicyclic) bond motifs is 1. The number of benzene rings is 1. The van der Waals surface area contributed by atoms with Crippen LogP contribution in [0.3, 0.4) is 0 Å². The largest absolute Gasteiger partial charge is 0.385 e. The summed E-state index contributed by atoms with van der Waals surface area (Å²) in [7, 11) is 1.64. The van der Waals surface area contributed by atoms with E-state index in [4.69, 9.17) is 16.3 Å². The third kappa shape index (κ3) is 6.46. The molecule has 1 aliphatic carbocycles. The Morgan fingerprint density at radius 1 is 1.27 bits per heavy atom. The lowest BCUT2D eigenvalue weighted by Crippen LogP contribution is -2.36. The van der Waals surface area contributed by atoms with Crippen molar-refractivity contribution in [2.75, 3.05) is 19.5 Å². The lowest BCUT2D eigenvalue weighted by molar-refractivity contribution is -0.119. The number of nitrogens with zero attached hydrogens (tertiary/aromatic N) is 2. The molecule has 164 valence electrons. The molecule has 1 fully saturated rings. The Balaban J connectivity index is 1.73. The number of thioether (sulfide) groups is 1. The Morgan fingerprint density at radius 2 is 2.00 bits per heavy atom. The Kier molecular flexibility index (Phi) is 9.03. The minimum atomic E-state index is -0.115. The van der Waals surface area contributed by atoms with Gasteiger partial charge in [-0.05, 0) is 37.5 Å². The lowest BCUT2D eigenvalue weighted by atomic mass is 9.97. The van der Waals surface area contributed by atoms with Crippen LogP contribution in [0.25, 0.3) is 10.9 Å². The molecular weight excluding hydrogens is 422 g/mol. The molecule has 1 N–H and O–H groups in total. The maximum Gasteiger partial charge on any atom is 0.262 e. The normalized spacial score (nSPS) is 15.7. The number of nitrogens with one attached hydrogen (secondary N) is 1. The summed E-state index contributed by atoms with van der Waals surface area (Å²) >= 11 is 7.39. The molecule has 0 spiro atoms. The van der Waals surface area contributed by atoms with Gasteiger partial charge in [-0.25, -0.2) is 4.98 Å². The van der Waals surface area contributed by atoms with E-state index in [-0.39, 0.29) is 23.3 Å². The number of ether oxygens (including phenoxy) is 1. The van der Waals surface area contributed by atoms with Crippen molar-refractivity contribution in [1.82, 2.24) is 14.9 Å². The zero-order valence-corrected chi connectivity index (χ0v) is 19.1. The highest BCUT2D eigenvalue weighted by Gasteiger charge is 2.17. The summed E-state index contributed by atoms with van der Waals surface area (Å²) in [6, 6.07) is 5.35. The number of methoxy groups -OCH3 is 1. The van der Waals surface area contributed by atoms with Gasteiger partial charge in [-0.15, -0.1) is 0 Å². The third-order valence-electron chi connectivity index (χ3n) is 5.42. The summed E-state index contributed by atoms with van der Waals surface area (Å²) in [5.41, 5.74) is 0.439. The summed E-state index contributed by atoms with van der Waals surface area (Å²) in [6.45, 7) is 1.04. The maximum atomic E-state index is 13.0. The van der Waals surface area contributed by atoms with E-state index in [2.05, 4.69) is 10.3 Å². The average Bonchev–Trinajstić information content (AvgIpc) is 2.70. The predicted octanol–water partition coefficient (Wildman–Crippen LogP) is 4.41. The molecule has 0 bridgehead atoms. The van der Waals surface area contributed by atoms with Crippen LogP contribution < -0.4 is 10.9 Å². The second kappa shape index (κ2) is 11.7. The molecule has 30 heavy (non-hydrogen) atoms. The molecule has 1 saturated carbocycles. The molecule has 8 heteroatoms.